The molecule has 4 aromatic rings. The summed E-state index contributed by atoms with van der Waals surface area (Å²) < 4.78 is 25.3. The van der Waals surface area contributed by atoms with Crippen molar-refractivity contribution in [1.82, 2.24) is 30.2 Å². The Hall–Kier alpha value is -4.25. The number of nitrogens with zero attached hydrogens (tertiary/aromatic N) is 5. The van der Waals surface area contributed by atoms with Gasteiger partial charge in [-0.05, 0) is 43.0 Å². The van der Waals surface area contributed by atoms with Crippen molar-refractivity contribution in [2.24, 2.45) is 0 Å². The van der Waals surface area contributed by atoms with Crippen molar-refractivity contribution < 1.29 is 13.6 Å². The molecule has 4 heterocycles. The fourth-order valence-corrected chi connectivity index (χ4v) is 5.60. The highest BCUT2D eigenvalue weighted by Crippen LogP contribution is 2.34. The Labute approximate surface area is 250 Å². The van der Waals surface area contributed by atoms with E-state index in [-0.39, 0.29) is 23.9 Å². The van der Waals surface area contributed by atoms with E-state index in [1.54, 1.807) is 25.5 Å². The minimum atomic E-state index is -2.29. The maximum Gasteiger partial charge on any atom is 0.251 e. The third-order valence-corrected chi connectivity index (χ3v) is 8.40. The summed E-state index contributed by atoms with van der Waals surface area (Å²) in [4.78, 5) is 32.4. The van der Waals surface area contributed by atoms with Gasteiger partial charge in [-0.2, -0.15) is 0 Å². The van der Waals surface area contributed by atoms with Crippen LogP contribution >= 0.6 is 0 Å². The number of pyridine rings is 2. The molecule has 1 saturated heterocycles. The number of halogens is 2. The molecule has 0 radical (unpaired) electrons. The van der Waals surface area contributed by atoms with Gasteiger partial charge in [-0.3, -0.25) is 14.7 Å². The van der Waals surface area contributed by atoms with E-state index in [4.69, 9.17) is 0 Å². The minimum Gasteiger partial charge on any atom is -0.369 e. The molecule has 0 unspecified atom stereocenters. The largest absolute Gasteiger partial charge is 0.369 e. The SMILES string of the molecule is CC[C@@](C)(CNc1cc(-c2ccc(NC3CCN(CC(F)F)CC3)nc2)ncn1)c1cccc2c(C(=O)NC)ccnc12. The number of hydrogen-bond donors (Lipinski definition) is 3. The summed E-state index contributed by atoms with van der Waals surface area (Å²) in [7, 11) is 1.63. The quantitative estimate of drug-likeness (QED) is 0.215. The molecule has 43 heavy (non-hydrogen) atoms. The Morgan fingerprint density at radius 1 is 1.07 bits per heavy atom. The number of para-hydroxylation sites is 1. The van der Waals surface area contributed by atoms with Crippen molar-refractivity contribution in [3.63, 3.8) is 0 Å². The number of likely N-dealkylation sites (tertiary alicyclic amines) is 1. The Balaban J connectivity index is 1.26. The first-order valence-corrected chi connectivity index (χ1v) is 14.7. The molecule has 1 amide bonds. The monoisotopic (exact) mass is 588 g/mol. The molecular weight excluding hydrogens is 550 g/mol. The summed E-state index contributed by atoms with van der Waals surface area (Å²) in [5.41, 5.74) is 3.80. The first-order chi connectivity index (χ1) is 20.8. The molecular formula is C32H38F2N8O. The molecule has 226 valence electrons. The van der Waals surface area contributed by atoms with Gasteiger partial charge in [0.25, 0.3) is 12.3 Å². The summed E-state index contributed by atoms with van der Waals surface area (Å²) in [5, 5.41) is 10.5. The second kappa shape index (κ2) is 13.4. The molecule has 3 N–H and O–H groups in total. The van der Waals surface area contributed by atoms with Gasteiger partial charge >= 0.3 is 0 Å². The molecule has 1 fully saturated rings. The van der Waals surface area contributed by atoms with Crippen molar-refractivity contribution in [1.29, 1.82) is 0 Å². The van der Waals surface area contributed by atoms with Gasteiger partial charge in [-0.1, -0.05) is 32.0 Å². The van der Waals surface area contributed by atoms with Gasteiger partial charge in [0, 0.05) is 67.5 Å². The third kappa shape index (κ3) is 7.05. The number of anilines is 2. The zero-order valence-corrected chi connectivity index (χ0v) is 24.8. The Bertz CT molecular complexity index is 1540. The van der Waals surface area contributed by atoms with Gasteiger partial charge < -0.3 is 16.0 Å². The number of carbonyl (C=O) groups excluding carboxylic acids is 1. The highest BCUT2D eigenvalue weighted by molar-refractivity contribution is 6.06. The number of rotatable bonds is 11. The zero-order chi connectivity index (χ0) is 30.4. The van der Waals surface area contributed by atoms with E-state index in [1.807, 2.05) is 35.2 Å². The van der Waals surface area contributed by atoms with E-state index in [1.165, 1.54) is 6.33 Å². The lowest BCUT2D eigenvalue weighted by Crippen LogP contribution is -2.41. The summed E-state index contributed by atoms with van der Waals surface area (Å²) in [6.07, 6.45) is 5.16. The topological polar surface area (TPSA) is 108 Å². The van der Waals surface area contributed by atoms with E-state index in [2.05, 4.69) is 55.8 Å². The van der Waals surface area contributed by atoms with Crippen LogP contribution in [0.25, 0.3) is 22.2 Å². The highest BCUT2D eigenvalue weighted by atomic mass is 19.3. The number of benzene rings is 1. The number of amides is 1. The molecule has 5 rings (SSSR count). The average Bonchev–Trinajstić information content (AvgIpc) is 3.04. The van der Waals surface area contributed by atoms with E-state index in [0.717, 1.165) is 52.8 Å². The molecule has 0 bridgehead atoms. The lowest BCUT2D eigenvalue weighted by atomic mass is 9.78. The molecule has 0 aliphatic carbocycles. The van der Waals surface area contributed by atoms with Crippen LogP contribution in [0.1, 0.15) is 49.0 Å². The second-order valence-electron chi connectivity index (χ2n) is 11.2. The van der Waals surface area contributed by atoms with Crippen LogP contribution in [0.15, 0.2) is 61.2 Å². The summed E-state index contributed by atoms with van der Waals surface area (Å²) in [6.45, 7) is 6.07. The number of nitrogens with one attached hydrogen (secondary N) is 3. The van der Waals surface area contributed by atoms with Crippen molar-refractivity contribution >= 4 is 28.4 Å². The van der Waals surface area contributed by atoms with E-state index in [9.17, 15) is 13.6 Å². The number of fused-ring (bicyclic) bond motifs is 1. The van der Waals surface area contributed by atoms with Gasteiger partial charge in [0.1, 0.15) is 18.0 Å². The fraction of sp³-hybridized carbons (Fsp3) is 0.406. The van der Waals surface area contributed by atoms with Gasteiger partial charge in [0.2, 0.25) is 0 Å². The highest BCUT2D eigenvalue weighted by Gasteiger charge is 2.28. The van der Waals surface area contributed by atoms with Gasteiger partial charge in [-0.15, -0.1) is 0 Å². The first-order valence-electron chi connectivity index (χ1n) is 14.7. The standard InChI is InChI=1S/C32H38F2N8O/c1-4-32(2,25-7-5-6-23-24(31(43)35-3)10-13-36-30(23)25)19-38-29-16-26(39-20-40-29)21-8-9-28(37-17-21)41-22-11-14-42(15-12-22)18-27(33)34/h5-10,13,16-17,20,22,27H,4,11-12,14-15,18-19H2,1-3H3,(H,35,43)(H,37,41)(H,38,39,40)/t32-/m0/s1. The molecule has 1 aliphatic rings. The van der Waals surface area contributed by atoms with Gasteiger partial charge in [0.15, 0.2) is 0 Å². The van der Waals surface area contributed by atoms with Crippen molar-refractivity contribution in [3.05, 3.63) is 72.3 Å². The molecule has 1 aromatic carbocycles. The Morgan fingerprint density at radius 2 is 1.88 bits per heavy atom. The summed E-state index contributed by atoms with van der Waals surface area (Å²) >= 11 is 0. The Morgan fingerprint density at radius 3 is 2.58 bits per heavy atom. The molecule has 0 saturated carbocycles. The van der Waals surface area contributed by atoms with Gasteiger partial charge in [0.05, 0.1) is 23.3 Å². The van der Waals surface area contributed by atoms with Crippen LogP contribution in [0, 0.1) is 0 Å². The van der Waals surface area contributed by atoms with Crippen LogP contribution in [-0.4, -0.2) is 76.4 Å². The minimum absolute atomic E-state index is 0.138. The number of hydrogen-bond acceptors (Lipinski definition) is 8. The smallest absolute Gasteiger partial charge is 0.251 e. The normalized spacial score (nSPS) is 15.8. The van der Waals surface area contributed by atoms with E-state index >= 15 is 0 Å². The lowest BCUT2D eigenvalue weighted by molar-refractivity contribution is 0.0769. The average molecular weight is 589 g/mol. The number of aromatic nitrogens is 4. The molecule has 0 spiro atoms. The fourth-order valence-electron chi connectivity index (χ4n) is 5.60. The van der Waals surface area contributed by atoms with E-state index in [0.29, 0.717) is 31.0 Å². The number of piperidine rings is 1. The first kappa shape index (κ1) is 30.2. The van der Waals surface area contributed by atoms with E-state index < -0.39 is 6.43 Å². The third-order valence-electron chi connectivity index (χ3n) is 8.40. The predicted molar refractivity (Wildman–Crippen MR) is 166 cm³/mol. The van der Waals surface area contributed by atoms with Crippen LogP contribution in [0.3, 0.4) is 0 Å². The maximum atomic E-state index is 12.7. The number of alkyl halides is 2. The Kier molecular flexibility index (Phi) is 9.40. The van der Waals surface area contributed by atoms with Crippen molar-refractivity contribution in [3.8, 4) is 11.3 Å². The summed E-state index contributed by atoms with van der Waals surface area (Å²) in [5.74, 6) is 1.31. The van der Waals surface area contributed by atoms with Crippen LogP contribution in [0.5, 0.6) is 0 Å². The van der Waals surface area contributed by atoms with Gasteiger partial charge in [-0.25, -0.2) is 23.7 Å². The maximum absolute atomic E-state index is 12.7. The molecule has 1 atom stereocenters. The van der Waals surface area contributed by atoms with Crippen LogP contribution in [0.2, 0.25) is 0 Å². The second-order valence-corrected chi connectivity index (χ2v) is 11.2. The predicted octanol–water partition coefficient (Wildman–Crippen LogP) is 5.37. The van der Waals surface area contributed by atoms with Crippen LogP contribution < -0.4 is 16.0 Å². The molecule has 1 aliphatic heterocycles. The number of carbonyl (C=O) groups is 1. The summed E-state index contributed by atoms with van der Waals surface area (Å²) in [6, 6.07) is 13.7. The molecule has 11 heteroatoms. The van der Waals surface area contributed by atoms with Crippen LogP contribution in [-0.2, 0) is 5.41 Å². The van der Waals surface area contributed by atoms with Crippen molar-refractivity contribution in [2.75, 3.05) is 43.9 Å². The molecule has 3 aromatic heterocycles. The van der Waals surface area contributed by atoms with Crippen LogP contribution in [0.4, 0.5) is 20.4 Å². The zero-order valence-electron chi connectivity index (χ0n) is 24.8. The molecule has 9 nitrogen and oxygen atoms in total. The van der Waals surface area contributed by atoms with Crippen molar-refractivity contribution in [2.45, 2.75) is 51.0 Å². The lowest BCUT2D eigenvalue weighted by Gasteiger charge is -2.32.